The predicted molar refractivity (Wildman–Crippen MR) is 63.9 cm³/mol. The lowest BCUT2D eigenvalue weighted by Crippen LogP contribution is -2.49. The maximum atomic E-state index is 9.48. The van der Waals surface area contributed by atoms with Crippen LogP contribution < -0.4 is 5.32 Å². The van der Waals surface area contributed by atoms with Gasteiger partial charge in [0.2, 0.25) is 0 Å². The summed E-state index contributed by atoms with van der Waals surface area (Å²) in [5.41, 5.74) is 0.0149. The first-order chi connectivity index (χ1) is 6.62. The van der Waals surface area contributed by atoms with Crippen LogP contribution in [0.5, 0.6) is 0 Å². The third-order valence-electron chi connectivity index (χ3n) is 2.86. The number of hydrogen-bond acceptors (Lipinski definition) is 3. The molecule has 3 heteroatoms. The second-order valence-electron chi connectivity index (χ2n) is 4.56. The van der Waals surface area contributed by atoms with Crippen LogP contribution >= 0.6 is 11.8 Å². The summed E-state index contributed by atoms with van der Waals surface area (Å²) in [6, 6.07) is 0.465. The van der Waals surface area contributed by atoms with Crippen LogP contribution in [0, 0.1) is 0 Å². The Balaban J connectivity index is 2.48. The van der Waals surface area contributed by atoms with Gasteiger partial charge < -0.3 is 10.4 Å². The molecule has 0 bridgehead atoms. The molecule has 0 amide bonds. The van der Waals surface area contributed by atoms with Crippen molar-refractivity contribution < 1.29 is 5.11 Å². The van der Waals surface area contributed by atoms with E-state index in [1.54, 1.807) is 0 Å². The second kappa shape index (κ2) is 5.38. The van der Waals surface area contributed by atoms with Crippen molar-refractivity contribution in [2.24, 2.45) is 0 Å². The van der Waals surface area contributed by atoms with E-state index in [1.807, 2.05) is 11.8 Å². The Hall–Kier alpha value is 0.270. The van der Waals surface area contributed by atoms with Crippen LogP contribution in [0.1, 0.15) is 40.0 Å². The van der Waals surface area contributed by atoms with E-state index in [4.69, 9.17) is 0 Å². The molecule has 14 heavy (non-hydrogen) atoms. The van der Waals surface area contributed by atoms with Crippen molar-refractivity contribution in [1.82, 2.24) is 5.32 Å². The van der Waals surface area contributed by atoms with Gasteiger partial charge in [0, 0.05) is 16.8 Å². The largest absolute Gasteiger partial charge is 0.394 e. The molecule has 0 aliphatic heterocycles. The number of hydrogen-bond donors (Lipinski definition) is 2. The zero-order valence-corrected chi connectivity index (χ0v) is 10.4. The Morgan fingerprint density at radius 1 is 1.57 bits per heavy atom. The fraction of sp³-hybridized carbons (Fsp3) is 1.00. The highest BCUT2D eigenvalue weighted by Crippen LogP contribution is 2.37. The normalized spacial score (nSPS) is 32.8. The first kappa shape index (κ1) is 12.3. The molecule has 2 N–H and O–H groups in total. The molecule has 84 valence electrons. The van der Waals surface area contributed by atoms with Crippen LogP contribution in [0.4, 0.5) is 0 Å². The Morgan fingerprint density at radius 3 is 2.79 bits per heavy atom. The van der Waals surface area contributed by atoms with Crippen LogP contribution in [-0.2, 0) is 0 Å². The van der Waals surface area contributed by atoms with E-state index >= 15 is 0 Å². The second-order valence-corrected chi connectivity index (χ2v) is 6.13. The highest BCUT2D eigenvalue weighted by Gasteiger charge is 2.38. The summed E-state index contributed by atoms with van der Waals surface area (Å²) in [6.07, 6.45) is 3.50. The minimum Gasteiger partial charge on any atom is -0.394 e. The molecule has 1 fully saturated rings. The number of aliphatic hydroxyl groups is 1. The first-order valence-electron chi connectivity index (χ1n) is 5.62. The summed E-state index contributed by atoms with van der Waals surface area (Å²) in [7, 11) is 0. The van der Waals surface area contributed by atoms with Gasteiger partial charge in [0.05, 0.1) is 6.61 Å². The van der Waals surface area contributed by atoms with Gasteiger partial charge in [-0.2, -0.15) is 11.8 Å². The van der Waals surface area contributed by atoms with Gasteiger partial charge in [-0.3, -0.25) is 0 Å². The van der Waals surface area contributed by atoms with Crippen LogP contribution in [0.25, 0.3) is 0 Å². The maximum absolute atomic E-state index is 9.48. The third kappa shape index (κ3) is 3.14. The molecule has 0 aromatic rings. The molecule has 1 aliphatic carbocycles. The zero-order valence-electron chi connectivity index (χ0n) is 9.55. The molecule has 0 saturated heterocycles. The smallest absolute Gasteiger partial charge is 0.0613 e. The highest BCUT2D eigenvalue weighted by atomic mass is 32.2. The van der Waals surface area contributed by atoms with Gasteiger partial charge in [0.25, 0.3) is 0 Å². The van der Waals surface area contributed by atoms with Gasteiger partial charge in [0.15, 0.2) is 0 Å². The van der Waals surface area contributed by atoms with Crippen molar-refractivity contribution in [3.8, 4) is 0 Å². The molecule has 1 saturated carbocycles. The van der Waals surface area contributed by atoms with E-state index in [0.29, 0.717) is 6.04 Å². The van der Waals surface area contributed by atoms with Gasteiger partial charge in [-0.15, -0.1) is 0 Å². The van der Waals surface area contributed by atoms with E-state index in [9.17, 15) is 5.11 Å². The number of nitrogens with one attached hydrogen (secondary N) is 1. The van der Waals surface area contributed by atoms with E-state index in [-0.39, 0.29) is 12.1 Å². The van der Waals surface area contributed by atoms with Gasteiger partial charge in [-0.1, -0.05) is 20.8 Å². The first-order valence-corrected chi connectivity index (χ1v) is 6.67. The molecule has 2 unspecified atom stereocenters. The predicted octanol–water partition coefficient (Wildman–Crippen LogP) is 2.02. The molecule has 1 aliphatic rings. The fourth-order valence-corrected chi connectivity index (χ4v) is 3.58. The number of rotatable bonds is 5. The Morgan fingerprint density at radius 2 is 2.29 bits per heavy atom. The maximum Gasteiger partial charge on any atom is 0.0613 e. The summed E-state index contributed by atoms with van der Waals surface area (Å²) in [5.74, 6) is 1.19. The molecule has 2 atom stereocenters. The van der Waals surface area contributed by atoms with E-state index < -0.39 is 0 Å². The van der Waals surface area contributed by atoms with E-state index in [2.05, 4.69) is 26.1 Å². The summed E-state index contributed by atoms with van der Waals surface area (Å²) >= 11 is 2.03. The van der Waals surface area contributed by atoms with Crippen molar-refractivity contribution in [1.29, 1.82) is 0 Å². The lowest BCUT2D eigenvalue weighted by molar-refractivity contribution is 0.156. The van der Waals surface area contributed by atoms with E-state index in [0.717, 1.165) is 18.1 Å². The van der Waals surface area contributed by atoms with Crippen LogP contribution in [0.15, 0.2) is 0 Å². The summed E-state index contributed by atoms with van der Waals surface area (Å²) < 4.78 is 0. The molecular weight excluding hydrogens is 194 g/mol. The standard InChI is InChI=1S/C11H23NOS/c1-4-14-10-5-6-11(7-10,8-13)12-9(2)3/h9-10,12-13H,4-8H2,1-3H3. The SMILES string of the molecule is CCSC1CCC(CO)(NC(C)C)C1. The highest BCUT2D eigenvalue weighted by molar-refractivity contribution is 7.99. The monoisotopic (exact) mass is 217 g/mol. The van der Waals surface area contributed by atoms with Crippen molar-refractivity contribution in [2.75, 3.05) is 12.4 Å². The molecule has 1 rings (SSSR count). The molecule has 0 aromatic heterocycles. The Labute approximate surface area is 91.9 Å². The molecule has 0 radical (unpaired) electrons. The minimum absolute atomic E-state index is 0.0149. The Kier molecular flexibility index (Phi) is 4.74. The zero-order chi connectivity index (χ0) is 10.6. The topological polar surface area (TPSA) is 32.3 Å². The Bertz CT molecular complexity index is 175. The number of thioether (sulfide) groups is 1. The van der Waals surface area contributed by atoms with Gasteiger partial charge in [0.1, 0.15) is 0 Å². The van der Waals surface area contributed by atoms with Gasteiger partial charge >= 0.3 is 0 Å². The molecule has 2 nitrogen and oxygen atoms in total. The summed E-state index contributed by atoms with van der Waals surface area (Å²) in [6.45, 7) is 6.79. The number of aliphatic hydroxyl groups excluding tert-OH is 1. The third-order valence-corrected chi connectivity index (χ3v) is 4.07. The molecule has 0 spiro atoms. The van der Waals surface area contributed by atoms with Crippen LogP contribution in [0.2, 0.25) is 0 Å². The summed E-state index contributed by atoms with van der Waals surface area (Å²) in [4.78, 5) is 0. The lowest BCUT2D eigenvalue weighted by atomic mass is 9.98. The van der Waals surface area contributed by atoms with Crippen molar-refractivity contribution in [3.63, 3.8) is 0 Å². The fourth-order valence-electron chi connectivity index (χ4n) is 2.39. The quantitative estimate of drug-likeness (QED) is 0.739. The van der Waals surface area contributed by atoms with Gasteiger partial charge in [-0.25, -0.2) is 0 Å². The van der Waals surface area contributed by atoms with Crippen molar-refractivity contribution in [2.45, 2.75) is 56.9 Å². The molecule has 0 heterocycles. The van der Waals surface area contributed by atoms with Crippen molar-refractivity contribution in [3.05, 3.63) is 0 Å². The van der Waals surface area contributed by atoms with Crippen LogP contribution in [0.3, 0.4) is 0 Å². The summed E-state index contributed by atoms with van der Waals surface area (Å²) in [5, 5.41) is 13.8. The minimum atomic E-state index is 0.0149. The molecule has 0 aromatic carbocycles. The molecular formula is C11H23NOS. The van der Waals surface area contributed by atoms with Crippen LogP contribution in [-0.4, -0.2) is 34.3 Å². The lowest BCUT2D eigenvalue weighted by Gasteiger charge is -2.31. The average Bonchev–Trinajstić information content (AvgIpc) is 2.49. The van der Waals surface area contributed by atoms with Gasteiger partial charge in [-0.05, 0) is 25.0 Å². The van der Waals surface area contributed by atoms with Crippen molar-refractivity contribution >= 4 is 11.8 Å². The average molecular weight is 217 g/mol. The van der Waals surface area contributed by atoms with E-state index in [1.165, 1.54) is 12.2 Å².